The Morgan fingerprint density at radius 2 is 2.29 bits per heavy atom. The summed E-state index contributed by atoms with van der Waals surface area (Å²) in [5.41, 5.74) is 0. The summed E-state index contributed by atoms with van der Waals surface area (Å²) >= 11 is 0. The molecule has 0 aromatic carbocycles. The fraction of sp³-hybridized carbons (Fsp3) is 0. The van der Waals surface area contributed by atoms with E-state index < -0.39 is 5.95 Å². The van der Waals surface area contributed by atoms with Crippen LogP contribution in [0.2, 0.25) is 0 Å². The van der Waals surface area contributed by atoms with Gasteiger partial charge in [-0.3, -0.25) is 0 Å². The van der Waals surface area contributed by atoms with Crippen LogP contribution in [0, 0.1) is 0 Å². The average molecular weight is 102 g/mol. The van der Waals surface area contributed by atoms with E-state index in [0.717, 1.165) is 6.26 Å². The largest absolute Gasteiger partial charge is 0.508 e. The van der Waals surface area contributed by atoms with Crippen molar-refractivity contribution in [2.75, 3.05) is 0 Å². The van der Waals surface area contributed by atoms with Crippen molar-refractivity contribution in [3.63, 3.8) is 0 Å². The van der Waals surface area contributed by atoms with Crippen LogP contribution >= 0.6 is 0 Å². The highest BCUT2D eigenvalue weighted by Gasteiger charge is 1.81. The Hall–Kier alpha value is -1.12. The number of aliphatic hydroxyl groups excluding tert-OH is 2. The van der Waals surface area contributed by atoms with Gasteiger partial charge in [0.05, 0.1) is 6.26 Å². The number of rotatable bonds is 2. The molecule has 0 aliphatic heterocycles. The summed E-state index contributed by atoms with van der Waals surface area (Å²) < 4.78 is 4.12. The topological polar surface area (TPSA) is 49.7 Å². The lowest BCUT2D eigenvalue weighted by Gasteiger charge is -1.90. The molecule has 0 aromatic heterocycles. The van der Waals surface area contributed by atoms with E-state index in [0.29, 0.717) is 6.26 Å². The van der Waals surface area contributed by atoms with Gasteiger partial charge >= 0.3 is 5.95 Å². The fourth-order valence-corrected chi connectivity index (χ4v) is 0.116. The minimum Gasteiger partial charge on any atom is -0.508 e. The third-order valence-electron chi connectivity index (χ3n) is 0.315. The van der Waals surface area contributed by atoms with Crippen LogP contribution < -0.4 is 0 Å². The smallest absolute Gasteiger partial charge is 0.317 e. The predicted octanol–water partition coefficient (Wildman–Crippen LogP) is 1.06. The van der Waals surface area contributed by atoms with Gasteiger partial charge in [0.1, 0.15) is 0 Å². The van der Waals surface area contributed by atoms with Crippen LogP contribution in [-0.2, 0) is 4.74 Å². The van der Waals surface area contributed by atoms with Gasteiger partial charge in [-0.2, -0.15) is 0 Å². The molecule has 2 N–H and O–H groups in total. The summed E-state index contributed by atoms with van der Waals surface area (Å²) in [6.07, 6.45) is 1.43. The summed E-state index contributed by atoms with van der Waals surface area (Å²) in [5.74, 6) is -0.560. The van der Waals surface area contributed by atoms with E-state index in [1.807, 2.05) is 0 Å². The van der Waals surface area contributed by atoms with E-state index >= 15 is 0 Å². The third-order valence-corrected chi connectivity index (χ3v) is 0.315. The summed E-state index contributed by atoms with van der Waals surface area (Å²) in [7, 11) is 0. The number of hydrogen-bond donors (Lipinski definition) is 2. The predicted molar refractivity (Wildman–Crippen MR) is 24.6 cm³/mol. The quantitative estimate of drug-likeness (QED) is 0.512. The summed E-state index contributed by atoms with van der Waals surface area (Å²) in [4.78, 5) is 0. The first-order valence-electron chi connectivity index (χ1n) is 1.62. The van der Waals surface area contributed by atoms with Gasteiger partial charge in [0.25, 0.3) is 0 Å². The normalized spacial score (nSPS) is 10.6. The molecule has 0 rings (SSSR count). The zero-order chi connectivity index (χ0) is 5.70. The van der Waals surface area contributed by atoms with E-state index in [4.69, 9.17) is 10.2 Å². The first-order valence-corrected chi connectivity index (χ1v) is 1.62. The minimum atomic E-state index is -0.560. The SMILES string of the molecule is C=COC(O)=CO. The molecule has 0 heterocycles. The second kappa shape index (κ2) is 3.08. The highest BCUT2D eigenvalue weighted by molar-refractivity contribution is 4.72. The molecule has 0 aromatic rings. The fourth-order valence-electron chi connectivity index (χ4n) is 0.116. The summed E-state index contributed by atoms with van der Waals surface area (Å²) in [6, 6.07) is 0. The Balaban J connectivity index is 3.36. The van der Waals surface area contributed by atoms with Crippen LogP contribution in [-0.4, -0.2) is 10.2 Å². The molecule has 0 fully saturated rings. The summed E-state index contributed by atoms with van der Waals surface area (Å²) in [5, 5.41) is 16.1. The Labute approximate surface area is 41.2 Å². The van der Waals surface area contributed by atoms with Crippen molar-refractivity contribution in [1.29, 1.82) is 0 Å². The van der Waals surface area contributed by atoms with E-state index in [1.165, 1.54) is 0 Å². The monoisotopic (exact) mass is 102 g/mol. The lowest BCUT2D eigenvalue weighted by molar-refractivity contribution is 0.152. The molecule has 0 saturated carbocycles. The second-order valence-corrected chi connectivity index (χ2v) is 0.752. The lowest BCUT2D eigenvalue weighted by atomic mass is 10.9. The van der Waals surface area contributed by atoms with E-state index in [2.05, 4.69) is 11.3 Å². The molecule has 0 radical (unpaired) electrons. The molecule has 40 valence electrons. The Morgan fingerprint density at radius 3 is 2.43 bits per heavy atom. The molecule has 0 unspecified atom stereocenters. The van der Waals surface area contributed by atoms with Crippen molar-refractivity contribution in [1.82, 2.24) is 0 Å². The van der Waals surface area contributed by atoms with Crippen molar-refractivity contribution in [2.45, 2.75) is 0 Å². The van der Waals surface area contributed by atoms with Gasteiger partial charge in [-0.15, -0.1) is 0 Å². The van der Waals surface area contributed by atoms with Gasteiger partial charge in [-0.25, -0.2) is 0 Å². The van der Waals surface area contributed by atoms with Crippen LogP contribution in [0.1, 0.15) is 0 Å². The number of aliphatic hydroxyl groups is 2. The first-order chi connectivity index (χ1) is 3.31. The number of hydrogen-bond acceptors (Lipinski definition) is 3. The van der Waals surface area contributed by atoms with E-state index in [9.17, 15) is 0 Å². The second-order valence-electron chi connectivity index (χ2n) is 0.752. The van der Waals surface area contributed by atoms with Gasteiger partial charge in [0, 0.05) is 0 Å². The Bertz CT molecular complexity index is 84.9. The van der Waals surface area contributed by atoms with Gasteiger partial charge in [0.15, 0.2) is 6.26 Å². The summed E-state index contributed by atoms with van der Waals surface area (Å²) in [6.45, 7) is 3.11. The Morgan fingerprint density at radius 1 is 1.71 bits per heavy atom. The maximum absolute atomic E-state index is 8.18. The van der Waals surface area contributed by atoms with Crippen LogP contribution in [0.4, 0.5) is 0 Å². The van der Waals surface area contributed by atoms with Gasteiger partial charge < -0.3 is 14.9 Å². The van der Waals surface area contributed by atoms with Crippen LogP contribution in [0.3, 0.4) is 0 Å². The maximum atomic E-state index is 8.18. The molecule has 7 heavy (non-hydrogen) atoms. The molecule has 0 aliphatic carbocycles. The van der Waals surface area contributed by atoms with Gasteiger partial charge in [-0.05, 0) is 0 Å². The van der Waals surface area contributed by atoms with Crippen LogP contribution in [0.15, 0.2) is 25.0 Å². The molecule has 0 amide bonds. The minimum absolute atomic E-state index is 0.432. The van der Waals surface area contributed by atoms with E-state index in [1.54, 1.807) is 0 Å². The van der Waals surface area contributed by atoms with Crippen molar-refractivity contribution in [3.05, 3.63) is 25.0 Å². The zero-order valence-corrected chi connectivity index (χ0v) is 3.66. The number of ether oxygens (including phenoxy) is 1. The molecule has 0 saturated heterocycles. The molecule has 3 heteroatoms. The third kappa shape index (κ3) is 2.69. The average Bonchev–Trinajstić information content (AvgIpc) is 1.68. The Kier molecular flexibility index (Phi) is 2.59. The molecule has 0 spiro atoms. The van der Waals surface area contributed by atoms with E-state index in [-0.39, 0.29) is 0 Å². The maximum Gasteiger partial charge on any atom is 0.317 e. The molecular formula is C4H6O3. The molecule has 3 nitrogen and oxygen atoms in total. The molecule has 0 atom stereocenters. The van der Waals surface area contributed by atoms with Crippen LogP contribution in [0.5, 0.6) is 0 Å². The molecular weight excluding hydrogens is 96.0 g/mol. The first kappa shape index (κ1) is 5.88. The van der Waals surface area contributed by atoms with Gasteiger partial charge in [-0.1, -0.05) is 6.58 Å². The van der Waals surface area contributed by atoms with Crippen molar-refractivity contribution < 1.29 is 14.9 Å². The van der Waals surface area contributed by atoms with Gasteiger partial charge in [0.2, 0.25) is 0 Å². The van der Waals surface area contributed by atoms with Crippen molar-refractivity contribution in [2.24, 2.45) is 0 Å². The highest BCUT2D eigenvalue weighted by atomic mass is 16.6. The van der Waals surface area contributed by atoms with Crippen molar-refractivity contribution >= 4 is 0 Å². The standard InChI is InChI=1S/C4H6O3/c1-2-7-4(6)3-5/h2-3,5-6H,1H2. The zero-order valence-electron chi connectivity index (χ0n) is 3.66. The molecule has 0 aliphatic rings. The molecule has 0 bridgehead atoms. The highest BCUT2D eigenvalue weighted by Crippen LogP contribution is 1.86. The van der Waals surface area contributed by atoms with Crippen molar-refractivity contribution in [3.8, 4) is 0 Å². The van der Waals surface area contributed by atoms with Crippen LogP contribution in [0.25, 0.3) is 0 Å². The lowest BCUT2D eigenvalue weighted by Crippen LogP contribution is -1.79.